The van der Waals surface area contributed by atoms with Gasteiger partial charge in [-0.05, 0) is 35.1 Å². The van der Waals surface area contributed by atoms with Crippen molar-refractivity contribution in [3.05, 3.63) is 40.9 Å². The molecule has 0 saturated heterocycles. The number of nitrogens with one attached hydrogen (secondary N) is 1. The molecule has 0 saturated carbocycles. The van der Waals surface area contributed by atoms with Gasteiger partial charge in [-0.3, -0.25) is 0 Å². The Hall–Kier alpha value is -0.800. The van der Waals surface area contributed by atoms with Crippen LogP contribution < -0.4 is 10.1 Å². The van der Waals surface area contributed by atoms with Gasteiger partial charge < -0.3 is 10.1 Å². The molecule has 0 aliphatic heterocycles. The first-order valence-corrected chi connectivity index (χ1v) is 5.31. The molecule has 14 heavy (non-hydrogen) atoms. The second kappa shape index (κ2) is 6.62. The minimum absolute atomic E-state index is 0.601. The largest absolute Gasteiger partial charge is 0.488 e. The van der Waals surface area contributed by atoms with Gasteiger partial charge in [0, 0.05) is 6.54 Å². The van der Waals surface area contributed by atoms with Crippen LogP contribution in [0.4, 0.5) is 0 Å². The van der Waals surface area contributed by atoms with E-state index in [9.17, 15) is 0 Å². The zero-order valence-electron chi connectivity index (χ0n) is 8.16. The number of hydrogen-bond donors (Lipinski definition) is 1. The Morgan fingerprint density at radius 2 is 2.14 bits per heavy atom. The third kappa shape index (κ3) is 3.94. The summed E-state index contributed by atoms with van der Waals surface area (Å²) >= 11 is 3.42. The molecule has 0 spiro atoms. The molecule has 0 amide bonds. The minimum Gasteiger partial charge on any atom is -0.488 e. The van der Waals surface area contributed by atoms with Crippen molar-refractivity contribution < 1.29 is 4.74 Å². The number of halogens is 1. The fraction of sp³-hybridized carbons (Fsp3) is 0.273. The van der Waals surface area contributed by atoms with Crippen molar-refractivity contribution in [2.24, 2.45) is 0 Å². The summed E-state index contributed by atoms with van der Waals surface area (Å²) in [5.41, 5.74) is 0. The molecule has 0 unspecified atom stereocenters. The summed E-state index contributed by atoms with van der Waals surface area (Å²) in [6, 6.07) is 7.83. The van der Waals surface area contributed by atoms with Gasteiger partial charge in [0.15, 0.2) is 0 Å². The van der Waals surface area contributed by atoms with Crippen LogP contribution in [0.1, 0.15) is 0 Å². The second-order valence-corrected chi connectivity index (χ2v) is 3.62. The highest BCUT2D eigenvalue weighted by Gasteiger charge is 1.95. The number of likely N-dealkylation sites (N-methyl/N-ethyl adjacent to an activating group) is 1. The summed E-state index contributed by atoms with van der Waals surface area (Å²) in [5.74, 6) is 0.876. The number of ether oxygens (including phenoxy) is 1. The van der Waals surface area contributed by atoms with Crippen LogP contribution in [-0.4, -0.2) is 20.2 Å². The van der Waals surface area contributed by atoms with Crippen LogP contribution in [0.2, 0.25) is 0 Å². The lowest BCUT2D eigenvalue weighted by atomic mass is 10.3. The van der Waals surface area contributed by atoms with E-state index in [-0.39, 0.29) is 0 Å². The minimum atomic E-state index is 0.601. The van der Waals surface area contributed by atoms with E-state index in [0.29, 0.717) is 6.61 Å². The zero-order valence-corrected chi connectivity index (χ0v) is 9.75. The summed E-state index contributed by atoms with van der Waals surface area (Å²) in [7, 11) is 1.92. The highest BCUT2D eigenvalue weighted by molar-refractivity contribution is 9.10. The molecule has 2 nitrogen and oxygen atoms in total. The van der Waals surface area contributed by atoms with Gasteiger partial charge in [-0.15, -0.1) is 0 Å². The standard InChI is InChI=1S/C11H14BrNO/c1-13-8-4-5-9-14-11-7-3-2-6-10(11)12/h2-7,13H,8-9H2,1H3/b5-4+. The number of rotatable bonds is 5. The van der Waals surface area contributed by atoms with E-state index in [4.69, 9.17) is 4.74 Å². The normalized spacial score (nSPS) is 10.7. The molecule has 76 valence electrons. The summed E-state index contributed by atoms with van der Waals surface area (Å²) in [5, 5.41) is 3.03. The van der Waals surface area contributed by atoms with E-state index in [1.807, 2.05) is 43.5 Å². The maximum Gasteiger partial charge on any atom is 0.133 e. The molecule has 1 aromatic rings. The maximum absolute atomic E-state index is 5.52. The average molecular weight is 256 g/mol. The molecular weight excluding hydrogens is 242 g/mol. The highest BCUT2D eigenvalue weighted by atomic mass is 79.9. The molecular formula is C11H14BrNO. The van der Waals surface area contributed by atoms with E-state index in [0.717, 1.165) is 16.8 Å². The molecule has 0 bridgehead atoms. The SMILES string of the molecule is CNC/C=C/COc1ccccc1Br. The van der Waals surface area contributed by atoms with E-state index in [1.54, 1.807) is 0 Å². The highest BCUT2D eigenvalue weighted by Crippen LogP contribution is 2.23. The van der Waals surface area contributed by atoms with Crippen LogP contribution in [0.3, 0.4) is 0 Å². The molecule has 3 heteroatoms. The van der Waals surface area contributed by atoms with Gasteiger partial charge in [-0.2, -0.15) is 0 Å². The molecule has 0 aromatic heterocycles. The molecule has 0 aliphatic carbocycles. The van der Waals surface area contributed by atoms with Crippen molar-refractivity contribution in [3.63, 3.8) is 0 Å². The predicted molar refractivity (Wildman–Crippen MR) is 62.7 cm³/mol. The van der Waals surface area contributed by atoms with Crippen LogP contribution in [-0.2, 0) is 0 Å². The third-order valence-electron chi connectivity index (χ3n) is 1.66. The Kier molecular flexibility index (Phi) is 5.33. The van der Waals surface area contributed by atoms with Gasteiger partial charge in [0.1, 0.15) is 12.4 Å². The molecule has 1 rings (SSSR count). The molecule has 1 aromatic carbocycles. The number of para-hydroxylation sites is 1. The van der Waals surface area contributed by atoms with E-state index >= 15 is 0 Å². The van der Waals surface area contributed by atoms with Crippen molar-refractivity contribution in [1.29, 1.82) is 0 Å². The number of hydrogen-bond acceptors (Lipinski definition) is 2. The summed E-state index contributed by atoms with van der Waals surface area (Å²) < 4.78 is 6.51. The molecule has 0 radical (unpaired) electrons. The topological polar surface area (TPSA) is 21.3 Å². The van der Waals surface area contributed by atoms with E-state index < -0.39 is 0 Å². The Bertz CT molecular complexity index is 299. The van der Waals surface area contributed by atoms with Crippen LogP contribution in [0, 0.1) is 0 Å². The summed E-state index contributed by atoms with van der Waals surface area (Å²) in [4.78, 5) is 0. The first-order chi connectivity index (χ1) is 6.84. The Labute approximate surface area is 93.1 Å². The van der Waals surface area contributed by atoms with Crippen molar-refractivity contribution in [2.75, 3.05) is 20.2 Å². The molecule has 0 fully saturated rings. The lowest BCUT2D eigenvalue weighted by molar-refractivity contribution is 0.360. The quantitative estimate of drug-likeness (QED) is 0.817. The smallest absolute Gasteiger partial charge is 0.133 e. The monoisotopic (exact) mass is 255 g/mol. The Balaban J connectivity index is 2.35. The molecule has 0 aliphatic rings. The van der Waals surface area contributed by atoms with Gasteiger partial charge in [-0.25, -0.2) is 0 Å². The zero-order chi connectivity index (χ0) is 10.2. The van der Waals surface area contributed by atoms with Crippen LogP contribution in [0.5, 0.6) is 5.75 Å². The van der Waals surface area contributed by atoms with Crippen molar-refractivity contribution in [1.82, 2.24) is 5.32 Å². The first kappa shape index (κ1) is 11.3. The molecule has 1 N–H and O–H groups in total. The Morgan fingerprint density at radius 3 is 2.86 bits per heavy atom. The average Bonchev–Trinajstić information content (AvgIpc) is 2.20. The number of benzene rings is 1. The fourth-order valence-corrected chi connectivity index (χ4v) is 1.37. The van der Waals surface area contributed by atoms with Crippen LogP contribution in [0.25, 0.3) is 0 Å². The maximum atomic E-state index is 5.52. The second-order valence-electron chi connectivity index (χ2n) is 2.77. The van der Waals surface area contributed by atoms with Crippen LogP contribution >= 0.6 is 15.9 Å². The van der Waals surface area contributed by atoms with E-state index in [1.165, 1.54) is 0 Å². The van der Waals surface area contributed by atoms with Gasteiger partial charge in [-0.1, -0.05) is 24.3 Å². The van der Waals surface area contributed by atoms with E-state index in [2.05, 4.69) is 21.2 Å². The van der Waals surface area contributed by atoms with Gasteiger partial charge >= 0.3 is 0 Å². The predicted octanol–water partition coefficient (Wildman–Crippen LogP) is 2.60. The molecule has 0 atom stereocenters. The van der Waals surface area contributed by atoms with Gasteiger partial charge in [0.25, 0.3) is 0 Å². The molecule has 0 heterocycles. The van der Waals surface area contributed by atoms with Crippen molar-refractivity contribution in [2.45, 2.75) is 0 Å². The van der Waals surface area contributed by atoms with Crippen LogP contribution in [0.15, 0.2) is 40.9 Å². The van der Waals surface area contributed by atoms with Gasteiger partial charge in [0.2, 0.25) is 0 Å². The third-order valence-corrected chi connectivity index (χ3v) is 2.32. The first-order valence-electron chi connectivity index (χ1n) is 4.51. The fourth-order valence-electron chi connectivity index (χ4n) is 0.969. The van der Waals surface area contributed by atoms with Gasteiger partial charge in [0.05, 0.1) is 4.47 Å². The summed E-state index contributed by atoms with van der Waals surface area (Å²) in [6.45, 7) is 1.48. The Morgan fingerprint density at radius 1 is 1.36 bits per heavy atom. The lowest BCUT2D eigenvalue weighted by Crippen LogP contribution is -2.04. The van der Waals surface area contributed by atoms with Crippen molar-refractivity contribution >= 4 is 15.9 Å². The van der Waals surface area contributed by atoms with Crippen molar-refractivity contribution in [3.8, 4) is 5.75 Å². The lowest BCUT2D eigenvalue weighted by Gasteiger charge is -2.04. The summed E-state index contributed by atoms with van der Waals surface area (Å²) in [6.07, 6.45) is 4.03.